The van der Waals surface area contributed by atoms with Gasteiger partial charge < -0.3 is 9.47 Å². The Morgan fingerprint density at radius 2 is 2.00 bits per heavy atom. The Morgan fingerprint density at radius 1 is 1.29 bits per heavy atom. The fourth-order valence-corrected chi connectivity index (χ4v) is 4.47. The Bertz CT molecular complexity index is 674. The summed E-state index contributed by atoms with van der Waals surface area (Å²) in [6, 6.07) is 2.30. The van der Waals surface area contributed by atoms with Gasteiger partial charge in [-0.3, -0.25) is 9.69 Å². The van der Waals surface area contributed by atoms with Crippen LogP contribution in [-0.4, -0.2) is 50.1 Å². The number of ketones is 1. The highest BCUT2D eigenvalue weighted by atomic mass is 19.4. The lowest BCUT2D eigenvalue weighted by Gasteiger charge is -2.37. The number of likely N-dealkylation sites (tertiary alicyclic amines) is 1. The second-order valence-electron chi connectivity index (χ2n) is 7.63. The first-order valence-corrected chi connectivity index (χ1v) is 9.98. The Morgan fingerprint density at radius 3 is 2.61 bits per heavy atom. The number of Topliss-reactive ketones (excluding diaryl/α,β-unsaturated/α-hetero) is 1. The molecular weight excluding hydrogens is 371 g/mol. The molecule has 156 valence electrons. The molecule has 0 N–H and O–H groups in total. The number of nitrogens with zero attached hydrogens (tertiary/aromatic N) is 1. The highest BCUT2D eigenvalue weighted by Gasteiger charge is 2.36. The van der Waals surface area contributed by atoms with Gasteiger partial charge >= 0.3 is 6.18 Å². The van der Waals surface area contributed by atoms with Gasteiger partial charge in [0.25, 0.3) is 0 Å². The number of alkyl halides is 3. The molecule has 4 nitrogen and oxygen atoms in total. The quantitative estimate of drug-likeness (QED) is 0.667. The zero-order valence-electron chi connectivity index (χ0n) is 16.5. The smallest absolute Gasteiger partial charge is 0.416 e. The number of hydrogen-bond acceptors (Lipinski definition) is 4. The maximum absolute atomic E-state index is 13.2. The van der Waals surface area contributed by atoms with Crippen molar-refractivity contribution >= 4 is 5.78 Å². The van der Waals surface area contributed by atoms with Crippen molar-refractivity contribution in [1.29, 1.82) is 0 Å². The average molecular weight is 399 g/mol. The monoisotopic (exact) mass is 399 g/mol. The molecule has 0 unspecified atom stereocenters. The molecule has 0 amide bonds. The maximum atomic E-state index is 13.2. The van der Waals surface area contributed by atoms with E-state index in [2.05, 4.69) is 4.90 Å². The van der Waals surface area contributed by atoms with E-state index in [-0.39, 0.29) is 29.4 Å². The van der Waals surface area contributed by atoms with E-state index in [1.807, 2.05) is 0 Å². The molecule has 0 spiro atoms. The van der Waals surface area contributed by atoms with Crippen LogP contribution in [0, 0.1) is 5.92 Å². The predicted molar refractivity (Wildman–Crippen MR) is 99.8 cm³/mol. The van der Waals surface area contributed by atoms with Crippen molar-refractivity contribution in [3.8, 4) is 5.75 Å². The largest absolute Gasteiger partial charge is 0.496 e. The molecule has 0 aliphatic carbocycles. The summed E-state index contributed by atoms with van der Waals surface area (Å²) in [6.07, 6.45) is -0.650. The summed E-state index contributed by atoms with van der Waals surface area (Å²) in [6.45, 7) is 5.04. The first-order chi connectivity index (χ1) is 13.3. The van der Waals surface area contributed by atoms with Crippen LogP contribution in [0.5, 0.6) is 5.75 Å². The number of carbonyl (C=O) groups is 1. The minimum atomic E-state index is -4.48. The Hall–Kier alpha value is -1.60. The number of rotatable bonds is 6. The molecule has 2 saturated heterocycles. The van der Waals surface area contributed by atoms with E-state index in [9.17, 15) is 18.0 Å². The SMILES string of the molecule is CCc1cc(C(F)(F)F)cc(OC)c1C(=O)C[C@@H]1COCC[C@H]1N1CCCC1. The summed E-state index contributed by atoms with van der Waals surface area (Å²) in [4.78, 5) is 15.6. The molecule has 2 aliphatic rings. The van der Waals surface area contributed by atoms with Crippen LogP contribution in [0.2, 0.25) is 0 Å². The fourth-order valence-electron chi connectivity index (χ4n) is 4.47. The van der Waals surface area contributed by atoms with Crippen LogP contribution in [0.1, 0.15) is 54.1 Å². The summed E-state index contributed by atoms with van der Waals surface area (Å²) >= 11 is 0. The normalized spacial score (nSPS) is 23.8. The highest BCUT2D eigenvalue weighted by Crippen LogP contribution is 2.37. The number of halogens is 3. The second kappa shape index (κ2) is 8.82. The number of benzene rings is 1. The Labute approximate surface area is 164 Å². The third kappa shape index (κ3) is 4.51. The van der Waals surface area contributed by atoms with E-state index in [1.165, 1.54) is 20.0 Å². The number of methoxy groups -OCH3 is 1. The van der Waals surface area contributed by atoms with Crippen LogP contribution in [-0.2, 0) is 17.3 Å². The minimum Gasteiger partial charge on any atom is -0.496 e. The van der Waals surface area contributed by atoms with Crippen molar-refractivity contribution in [3.05, 3.63) is 28.8 Å². The molecule has 1 aromatic carbocycles. The minimum absolute atomic E-state index is 0.00567. The van der Waals surface area contributed by atoms with Gasteiger partial charge in [0.1, 0.15) is 5.75 Å². The van der Waals surface area contributed by atoms with E-state index in [1.54, 1.807) is 6.92 Å². The fraction of sp³-hybridized carbons (Fsp3) is 0.667. The molecule has 0 aromatic heterocycles. The van der Waals surface area contributed by atoms with Crippen LogP contribution < -0.4 is 4.74 Å². The van der Waals surface area contributed by atoms with E-state index in [0.717, 1.165) is 31.6 Å². The number of ether oxygens (including phenoxy) is 2. The lowest BCUT2D eigenvalue weighted by molar-refractivity contribution is -0.137. The summed E-state index contributed by atoms with van der Waals surface area (Å²) < 4.78 is 50.4. The van der Waals surface area contributed by atoms with Gasteiger partial charge in [-0.2, -0.15) is 13.2 Å². The summed E-state index contributed by atoms with van der Waals surface area (Å²) in [5.74, 6) is -0.107. The third-order valence-corrected chi connectivity index (χ3v) is 5.88. The number of hydrogen-bond donors (Lipinski definition) is 0. The van der Waals surface area contributed by atoms with Gasteiger partial charge in [-0.15, -0.1) is 0 Å². The van der Waals surface area contributed by atoms with E-state index < -0.39 is 11.7 Å². The van der Waals surface area contributed by atoms with Crippen molar-refractivity contribution in [3.63, 3.8) is 0 Å². The summed E-state index contributed by atoms with van der Waals surface area (Å²) in [7, 11) is 1.31. The van der Waals surface area contributed by atoms with Gasteiger partial charge in [0, 0.05) is 25.0 Å². The molecule has 0 radical (unpaired) electrons. The van der Waals surface area contributed by atoms with Crippen LogP contribution in [0.3, 0.4) is 0 Å². The lowest BCUT2D eigenvalue weighted by atomic mass is 9.86. The van der Waals surface area contributed by atoms with Crippen molar-refractivity contribution < 1.29 is 27.4 Å². The zero-order valence-corrected chi connectivity index (χ0v) is 16.5. The first kappa shape index (κ1) is 21.1. The van der Waals surface area contributed by atoms with Crippen LogP contribution >= 0.6 is 0 Å². The van der Waals surface area contributed by atoms with Gasteiger partial charge in [-0.25, -0.2) is 0 Å². The summed E-state index contributed by atoms with van der Waals surface area (Å²) in [5.41, 5.74) is -0.122. The summed E-state index contributed by atoms with van der Waals surface area (Å²) in [5, 5.41) is 0. The van der Waals surface area contributed by atoms with Gasteiger partial charge in [-0.1, -0.05) is 6.92 Å². The molecule has 2 aliphatic heterocycles. The Kier molecular flexibility index (Phi) is 6.65. The van der Waals surface area contributed by atoms with Crippen LogP contribution in [0.25, 0.3) is 0 Å². The molecule has 28 heavy (non-hydrogen) atoms. The Balaban J connectivity index is 1.86. The van der Waals surface area contributed by atoms with E-state index >= 15 is 0 Å². The van der Waals surface area contributed by atoms with Crippen molar-refractivity contribution in [2.75, 3.05) is 33.4 Å². The van der Waals surface area contributed by atoms with E-state index in [4.69, 9.17) is 9.47 Å². The average Bonchev–Trinajstić information content (AvgIpc) is 3.21. The third-order valence-electron chi connectivity index (χ3n) is 5.88. The molecular formula is C21H28F3NO3. The molecule has 0 saturated carbocycles. The first-order valence-electron chi connectivity index (χ1n) is 9.98. The van der Waals surface area contributed by atoms with Crippen molar-refractivity contribution in [1.82, 2.24) is 4.90 Å². The number of carbonyl (C=O) groups excluding carboxylic acids is 1. The van der Waals surface area contributed by atoms with Crippen molar-refractivity contribution in [2.45, 2.75) is 51.2 Å². The van der Waals surface area contributed by atoms with E-state index in [0.29, 0.717) is 31.2 Å². The standard InChI is InChI=1S/C21H28F3NO3/c1-3-14-10-16(21(22,23)24)12-19(27-2)20(14)18(26)11-15-13-28-9-6-17(15)25-7-4-5-8-25/h10,12,15,17H,3-9,11,13H2,1-2H3/t15-,17-/m1/s1. The predicted octanol–water partition coefficient (Wildman–Crippen LogP) is 4.35. The zero-order chi connectivity index (χ0) is 20.3. The van der Waals surface area contributed by atoms with Gasteiger partial charge in [0.2, 0.25) is 0 Å². The highest BCUT2D eigenvalue weighted by molar-refractivity contribution is 6.00. The van der Waals surface area contributed by atoms with Crippen LogP contribution in [0.4, 0.5) is 13.2 Å². The lowest BCUT2D eigenvalue weighted by Crippen LogP contribution is -2.45. The van der Waals surface area contributed by atoms with Crippen molar-refractivity contribution in [2.24, 2.45) is 5.92 Å². The molecule has 2 fully saturated rings. The second-order valence-corrected chi connectivity index (χ2v) is 7.63. The molecule has 7 heteroatoms. The van der Waals surface area contributed by atoms with Gasteiger partial charge in [-0.05, 0) is 56.5 Å². The molecule has 1 aromatic rings. The van der Waals surface area contributed by atoms with Gasteiger partial charge in [0.05, 0.1) is 24.8 Å². The molecule has 2 atom stereocenters. The van der Waals surface area contributed by atoms with Crippen LogP contribution in [0.15, 0.2) is 12.1 Å². The number of aryl methyl sites for hydroxylation is 1. The topological polar surface area (TPSA) is 38.8 Å². The molecule has 3 rings (SSSR count). The maximum Gasteiger partial charge on any atom is 0.416 e. The van der Waals surface area contributed by atoms with Gasteiger partial charge in [0.15, 0.2) is 5.78 Å². The molecule has 2 heterocycles. The molecule has 0 bridgehead atoms.